The number of carbonyl (C=O) groups excluding carboxylic acids is 1. The number of furan rings is 1. The Morgan fingerprint density at radius 1 is 1.11 bits per heavy atom. The molecule has 10 heteroatoms. The molecule has 0 N–H and O–H groups in total. The summed E-state index contributed by atoms with van der Waals surface area (Å²) in [5.74, 6) is -0.575. The Hall–Kier alpha value is -2.85. The van der Waals surface area contributed by atoms with Crippen molar-refractivity contribution in [3.05, 3.63) is 52.9 Å². The number of aryl methyl sites for hydroxylation is 1. The second kappa shape index (κ2) is 6.39. The second-order valence-corrected chi connectivity index (χ2v) is 8.17. The lowest BCUT2D eigenvalue weighted by Crippen LogP contribution is -2.50. The van der Waals surface area contributed by atoms with Crippen LogP contribution in [0.2, 0.25) is 0 Å². The molecule has 1 amide bonds. The molecule has 4 rings (SSSR count). The maximum Gasteiger partial charge on any atom is 0.419 e. The number of benzene rings is 1. The Morgan fingerprint density at radius 3 is 2.52 bits per heavy atom. The van der Waals surface area contributed by atoms with Gasteiger partial charge in [0.2, 0.25) is 10.0 Å². The van der Waals surface area contributed by atoms with Crippen molar-refractivity contribution >= 4 is 27.0 Å². The highest BCUT2D eigenvalue weighted by Crippen LogP contribution is 2.22. The fourth-order valence-corrected chi connectivity index (χ4v) is 4.55. The molecule has 1 saturated heterocycles. The monoisotopic (exact) mass is 391 g/mol. The molecule has 0 unspecified atom stereocenters. The van der Waals surface area contributed by atoms with Crippen LogP contribution in [-0.2, 0) is 17.1 Å². The summed E-state index contributed by atoms with van der Waals surface area (Å²) in [6, 6.07) is 7.53. The van der Waals surface area contributed by atoms with Gasteiger partial charge >= 0.3 is 5.76 Å². The first-order chi connectivity index (χ1) is 12.9. The zero-order valence-electron chi connectivity index (χ0n) is 14.5. The molecule has 0 aliphatic carbocycles. The van der Waals surface area contributed by atoms with Crippen LogP contribution in [-0.4, -0.2) is 54.3 Å². The van der Waals surface area contributed by atoms with Crippen molar-refractivity contribution in [3.63, 3.8) is 0 Å². The molecule has 1 aliphatic heterocycles. The summed E-state index contributed by atoms with van der Waals surface area (Å²) in [6.07, 6.45) is 1.42. The number of sulfonamides is 1. The maximum absolute atomic E-state index is 12.9. The van der Waals surface area contributed by atoms with Gasteiger partial charge in [0.25, 0.3) is 5.91 Å². The molecule has 1 aliphatic rings. The Balaban J connectivity index is 1.54. The van der Waals surface area contributed by atoms with Gasteiger partial charge in [0.1, 0.15) is 0 Å². The minimum atomic E-state index is -3.75. The Kier molecular flexibility index (Phi) is 4.16. The first-order valence-corrected chi connectivity index (χ1v) is 9.74. The summed E-state index contributed by atoms with van der Waals surface area (Å²) in [7, 11) is -2.23. The van der Waals surface area contributed by atoms with Gasteiger partial charge in [-0.05, 0) is 30.3 Å². The molecule has 3 heterocycles. The van der Waals surface area contributed by atoms with E-state index in [4.69, 9.17) is 8.83 Å². The largest absolute Gasteiger partial charge is 0.459 e. The lowest BCUT2D eigenvalue weighted by atomic mass is 10.3. The first kappa shape index (κ1) is 17.6. The number of aromatic nitrogens is 1. The third-order valence-corrected chi connectivity index (χ3v) is 6.55. The van der Waals surface area contributed by atoms with E-state index in [-0.39, 0.29) is 42.7 Å². The average Bonchev–Trinajstić information content (AvgIpc) is 3.30. The highest BCUT2D eigenvalue weighted by molar-refractivity contribution is 7.89. The molecule has 1 fully saturated rings. The molecule has 3 aromatic rings. The molecule has 0 atom stereocenters. The predicted molar refractivity (Wildman–Crippen MR) is 94.8 cm³/mol. The lowest BCUT2D eigenvalue weighted by molar-refractivity contribution is 0.0666. The van der Waals surface area contributed by atoms with Crippen molar-refractivity contribution in [1.82, 2.24) is 13.8 Å². The van der Waals surface area contributed by atoms with Crippen LogP contribution in [0.1, 0.15) is 10.6 Å². The van der Waals surface area contributed by atoms with Gasteiger partial charge in [-0.25, -0.2) is 13.2 Å². The lowest BCUT2D eigenvalue weighted by Gasteiger charge is -2.33. The SMILES string of the molecule is Cn1c(=O)oc2ccc(S(=O)(=O)N3CCN(C(=O)c4ccco4)CC3)cc21. The van der Waals surface area contributed by atoms with Gasteiger partial charge in [0.15, 0.2) is 11.3 Å². The molecule has 0 radical (unpaired) electrons. The predicted octanol–water partition coefficient (Wildman–Crippen LogP) is 0.871. The molecule has 142 valence electrons. The third-order valence-electron chi connectivity index (χ3n) is 4.66. The van der Waals surface area contributed by atoms with Gasteiger partial charge in [-0.1, -0.05) is 0 Å². The van der Waals surface area contributed by atoms with Crippen molar-refractivity contribution in [2.75, 3.05) is 26.2 Å². The molecule has 0 saturated carbocycles. The second-order valence-electron chi connectivity index (χ2n) is 6.23. The van der Waals surface area contributed by atoms with Gasteiger partial charge in [0.05, 0.1) is 16.7 Å². The van der Waals surface area contributed by atoms with E-state index in [1.54, 1.807) is 17.0 Å². The molecule has 1 aromatic carbocycles. The van der Waals surface area contributed by atoms with Crippen LogP contribution in [0.4, 0.5) is 0 Å². The molecule has 0 bridgehead atoms. The van der Waals surface area contributed by atoms with Gasteiger partial charge in [-0.3, -0.25) is 9.36 Å². The number of carbonyl (C=O) groups is 1. The number of nitrogens with zero attached hydrogens (tertiary/aromatic N) is 3. The van der Waals surface area contributed by atoms with E-state index in [2.05, 4.69) is 0 Å². The van der Waals surface area contributed by atoms with Gasteiger partial charge < -0.3 is 13.7 Å². The maximum atomic E-state index is 12.9. The van der Waals surface area contributed by atoms with E-state index >= 15 is 0 Å². The average molecular weight is 391 g/mol. The zero-order chi connectivity index (χ0) is 19.2. The normalized spacial score (nSPS) is 16.1. The van der Waals surface area contributed by atoms with E-state index in [0.717, 1.165) is 0 Å². The van der Waals surface area contributed by atoms with E-state index in [9.17, 15) is 18.0 Å². The van der Waals surface area contributed by atoms with Crippen LogP contribution in [0.3, 0.4) is 0 Å². The fourth-order valence-electron chi connectivity index (χ4n) is 3.10. The van der Waals surface area contributed by atoms with Gasteiger partial charge in [-0.15, -0.1) is 0 Å². The highest BCUT2D eigenvalue weighted by atomic mass is 32.2. The smallest absolute Gasteiger partial charge is 0.419 e. The Morgan fingerprint density at radius 2 is 1.85 bits per heavy atom. The van der Waals surface area contributed by atoms with Crippen molar-refractivity contribution in [2.45, 2.75) is 4.90 Å². The van der Waals surface area contributed by atoms with Crippen molar-refractivity contribution in [1.29, 1.82) is 0 Å². The fraction of sp³-hybridized carbons (Fsp3) is 0.294. The van der Waals surface area contributed by atoms with Crippen LogP contribution in [0.5, 0.6) is 0 Å². The molecule has 2 aromatic heterocycles. The highest BCUT2D eigenvalue weighted by Gasteiger charge is 2.31. The number of rotatable bonds is 3. The van der Waals surface area contributed by atoms with Crippen LogP contribution in [0, 0.1) is 0 Å². The summed E-state index contributed by atoms with van der Waals surface area (Å²) in [6.45, 7) is 0.894. The van der Waals surface area contributed by atoms with Gasteiger partial charge in [-0.2, -0.15) is 4.31 Å². The number of fused-ring (bicyclic) bond motifs is 1. The molecular weight excluding hydrogens is 374 g/mol. The van der Waals surface area contributed by atoms with E-state index in [0.29, 0.717) is 11.1 Å². The number of piperazine rings is 1. The summed E-state index contributed by atoms with van der Waals surface area (Å²) in [4.78, 5) is 25.5. The van der Waals surface area contributed by atoms with E-state index in [1.165, 1.54) is 40.4 Å². The first-order valence-electron chi connectivity index (χ1n) is 8.30. The third kappa shape index (κ3) is 2.96. The summed E-state index contributed by atoms with van der Waals surface area (Å²) >= 11 is 0. The molecule has 9 nitrogen and oxygen atoms in total. The Labute approximate surface area is 154 Å². The number of oxazole rings is 1. The van der Waals surface area contributed by atoms with Gasteiger partial charge in [0, 0.05) is 33.2 Å². The summed E-state index contributed by atoms with van der Waals surface area (Å²) < 4.78 is 38.6. The van der Waals surface area contributed by atoms with E-state index < -0.39 is 15.8 Å². The number of hydrogen-bond donors (Lipinski definition) is 0. The number of hydrogen-bond acceptors (Lipinski definition) is 6. The summed E-state index contributed by atoms with van der Waals surface area (Å²) in [5.41, 5.74) is 0.739. The van der Waals surface area contributed by atoms with Crippen LogP contribution in [0.15, 0.2) is 55.1 Å². The topological polar surface area (TPSA) is 106 Å². The minimum Gasteiger partial charge on any atom is -0.459 e. The molecule has 27 heavy (non-hydrogen) atoms. The molecular formula is C17H17N3O6S. The van der Waals surface area contributed by atoms with Crippen molar-refractivity contribution in [3.8, 4) is 0 Å². The minimum absolute atomic E-state index is 0.0808. The zero-order valence-corrected chi connectivity index (χ0v) is 15.3. The number of amides is 1. The van der Waals surface area contributed by atoms with Crippen LogP contribution in [0.25, 0.3) is 11.1 Å². The van der Waals surface area contributed by atoms with Crippen LogP contribution >= 0.6 is 0 Å². The van der Waals surface area contributed by atoms with Crippen molar-refractivity contribution in [2.24, 2.45) is 7.05 Å². The molecule has 0 spiro atoms. The van der Waals surface area contributed by atoms with Crippen LogP contribution < -0.4 is 5.76 Å². The van der Waals surface area contributed by atoms with E-state index in [1.807, 2.05) is 0 Å². The van der Waals surface area contributed by atoms with Crippen molar-refractivity contribution < 1.29 is 22.0 Å². The quantitative estimate of drug-likeness (QED) is 0.656. The standard InChI is InChI=1S/C17H17N3O6S/c1-18-13-11-12(4-5-14(13)26-17(18)22)27(23,24)20-8-6-19(7-9-20)16(21)15-3-2-10-25-15/h2-5,10-11H,6-9H2,1H3. The summed E-state index contributed by atoms with van der Waals surface area (Å²) in [5, 5.41) is 0. The Bertz CT molecular complexity index is 1150.